The van der Waals surface area contributed by atoms with E-state index in [1.54, 1.807) is 6.92 Å². The van der Waals surface area contributed by atoms with Gasteiger partial charge in [0.05, 0.1) is 18.4 Å². The number of hydrogen-bond donors (Lipinski definition) is 1. The quantitative estimate of drug-likeness (QED) is 0.795. The largest absolute Gasteiger partial charge is 0.465 e. The summed E-state index contributed by atoms with van der Waals surface area (Å²) in [4.78, 5) is 11.6. The molecule has 0 unspecified atom stereocenters. The van der Waals surface area contributed by atoms with Crippen molar-refractivity contribution in [2.75, 3.05) is 11.8 Å². The highest BCUT2D eigenvalue weighted by molar-refractivity contribution is 9.10. The highest BCUT2D eigenvalue weighted by Gasteiger charge is 2.24. The minimum Gasteiger partial charge on any atom is -0.465 e. The molecule has 0 aliphatic rings. The van der Waals surface area contributed by atoms with Gasteiger partial charge in [0, 0.05) is 4.47 Å². The maximum atomic E-state index is 13.3. The first kappa shape index (κ1) is 17.4. The summed E-state index contributed by atoms with van der Waals surface area (Å²) in [5.74, 6) is -1.36. The molecule has 0 aromatic heterocycles. The minimum atomic E-state index is -4.09. The minimum absolute atomic E-state index is 0.101. The number of rotatable bonds is 4. The fourth-order valence-corrected chi connectivity index (χ4v) is 3.57. The van der Waals surface area contributed by atoms with Crippen molar-refractivity contribution < 1.29 is 22.3 Å². The number of sulfonamides is 1. The van der Waals surface area contributed by atoms with Crippen LogP contribution in [0.1, 0.15) is 15.9 Å². The van der Waals surface area contributed by atoms with Crippen LogP contribution in [0.2, 0.25) is 0 Å². The number of ether oxygens (including phenoxy) is 1. The van der Waals surface area contributed by atoms with E-state index in [0.717, 1.165) is 13.2 Å². The third-order valence-corrected chi connectivity index (χ3v) is 5.00. The van der Waals surface area contributed by atoms with Crippen LogP contribution in [0, 0.1) is 12.7 Å². The van der Waals surface area contributed by atoms with Gasteiger partial charge in [-0.1, -0.05) is 22.0 Å². The first-order chi connectivity index (χ1) is 10.7. The number of halogens is 2. The molecule has 8 heteroatoms. The normalized spacial score (nSPS) is 11.1. The van der Waals surface area contributed by atoms with E-state index >= 15 is 0 Å². The molecule has 2 aromatic rings. The summed E-state index contributed by atoms with van der Waals surface area (Å²) >= 11 is 3.18. The van der Waals surface area contributed by atoms with Crippen LogP contribution in [0.25, 0.3) is 0 Å². The lowest BCUT2D eigenvalue weighted by Crippen LogP contribution is -2.18. The summed E-state index contributed by atoms with van der Waals surface area (Å²) in [7, 11) is -2.94. The summed E-state index contributed by atoms with van der Waals surface area (Å²) in [6.45, 7) is 1.64. The average molecular weight is 402 g/mol. The molecule has 23 heavy (non-hydrogen) atoms. The van der Waals surface area contributed by atoms with Gasteiger partial charge in [-0.15, -0.1) is 0 Å². The Labute approximate surface area is 141 Å². The number of hydrogen-bond acceptors (Lipinski definition) is 4. The van der Waals surface area contributed by atoms with Crippen LogP contribution in [0.4, 0.5) is 10.1 Å². The topological polar surface area (TPSA) is 72.5 Å². The Kier molecular flexibility index (Phi) is 5.06. The van der Waals surface area contributed by atoms with E-state index in [0.29, 0.717) is 10.0 Å². The first-order valence-corrected chi connectivity index (χ1v) is 8.69. The van der Waals surface area contributed by atoms with Gasteiger partial charge in [-0.2, -0.15) is 0 Å². The summed E-state index contributed by atoms with van der Waals surface area (Å²) < 4.78 is 45.9. The lowest BCUT2D eigenvalue weighted by atomic mass is 10.2. The lowest BCUT2D eigenvalue weighted by molar-refractivity contribution is 0.0596. The Balaban J connectivity index is 2.52. The SMILES string of the molecule is COC(=O)c1cc(Br)ccc1S(=O)(=O)Nc1cc(F)ccc1C. The smallest absolute Gasteiger partial charge is 0.339 e. The third-order valence-electron chi connectivity index (χ3n) is 3.08. The molecule has 2 rings (SSSR count). The highest BCUT2D eigenvalue weighted by atomic mass is 79.9. The Morgan fingerprint density at radius 1 is 1.22 bits per heavy atom. The molecule has 0 saturated carbocycles. The van der Waals surface area contributed by atoms with Gasteiger partial charge in [0.1, 0.15) is 10.7 Å². The number of carbonyl (C=O) groups excluding carboxylic acids is 1. The highest BCUT2D eigenvalue weighted by Crippen LogP contribution is 2.25. The Morgan fingerprint density at radius 2 is 1.91 bits per heavy atom. The second-order valence-corrected chi connectivity index (χ2v) is 7.26. The third kappa shape index (κ3) is 3.89. The number of aryl methyl sites for hydroxylation is 1. The molecule has 0 saturated heterocycles. The van der Waals surface area contributed by atoms with E-state index in [4.69, 9.17) is 0 Å². The van der Waals surface area contributed by atoms with E-state index in [1.165, 1.54) is 30.3 Å². The zero-order valence-corrected chi connectivity index (χ0v) is 14.7. The van der Waals surface area contributed by atoms with Crippen molar-refractivity contribution in [3.05, 3.63) is 57.8 Å². The standard InChI is InChI=1S/C15H13BrFNO4S/c1-9-3-5-11(17)8-13(9)18-23(20,21)14-6-4-10(16)7-12(14)15(19)22-2/h3-8,18H,1-2H3. The van der Waals surface area contributed by atoms with Crippen molar-refractivity contribution in [2.24, 2.45) is 0 Å². The van der Waals surface area contributed by atoms with Gasteiger partial charge in [0.2, 0.25) is 0 Å². The number of methoxy groups -OCH3 is 1. The van der Waals surface area contributed by atoms with Crippen molar-refractivity contribution in [1.29, 1.82) is 0 Å². The second kappa shape index (κ2) is 6.67. The van der Waals surface area contributed by atoms with E-state index in [-0.39, 0.29) is 16.1 Å². The molecule has 0 bridgehead atoms. The number of anilines is 1. The van der Waals surface area contributed by atoms with Crippen LogP contribution in [0.5, 0.6) is 0 Å². The molecule has 1 N–H and O–H groups in total. The summed E-state index contributed by atoms with van der Waals surface area (Å²) in [5, 5.41) is 0. The van der Waals surface area contributed by atoms with E-state index in [1.807, 2.05) is 0 Å². The fraction of sp³-hybridized carbons (Fsp3) is 0.133. The molecule has 0 aliphatic carbocycles. The molecule has 2 aromatic carbocycles. The molecule has 0 aliphatic heterocycles. The maximum absolute atomic E-state index is 13.3. The van der Waals surface area contributed by atoms with E-state index in [2.05, 4.69) is 25.4 Å². The zero-order valence-electron chi connectivity index (χ0n) is 12.3. The van der Waals surface area contributed by atoms with E-state index in [9.17, 15) is 17.6 Å². The van der Waals surface area contributed by atoms with Crippen LogP contribution < -0.4 is 4.72 Å². The first-order valence-electron chi connectivity index (χ1n) is 6.41. The molecule has 0 fully saturated rings. The summed E-state index contributed by atoms with van der Waals surface area (Å²) in [5.41, 5.74) is 0.527. The molecule has 0 spiro atoms. The maximum Gasteiger partial charge on any atom is 0.339 e. The van der Waals surface area contributed by atoms with Gasteiger partial charge < -0.3 is 4.74 Å². The van der Waals surface area contributed by atoms with Gasteiger partial charge in [-0.05, 0) is 42.8 Å². The molecule has 0 heterocycles. The Hall–Kier alpha value is -1.93. The van der Waals surface area contributed by atoms with Gasteiger partial charge in [-0.25, -0.2) is 17.6 Å². The molecule has 0 atom stereocenters. The number of benzene rings is 2. The van der Waals surface area contributed by atoms with Crippen LogP contribution >= 0.6 is 15.9 Å². The van der Waals surface area contributed by atoms with Crippen LogP contribution in [-0.4, -0.2) is 21.5 Å². The molecular formula is C15H13BrFNO4S. The van der Waals surface area contributed by atoms with Gasteiger partial charge >= 0.3 is 5.97 Å². The zero-order chi connectivity index (χ0) is 17.2. The predicted octanol–water partition coefficient (Wildman–Crippen LogP) is 3.48. The molecule has 5 nitrogen and oxygen atoms in total. The van der Waals surface area contributed by atoms with Gasteiger partial charge in [0.15, 0.2) is 0 Å². The molecule has 0 amide bonds. The lowest BCUT2D eigenvalue weighted by Gasteiger charge is -2.13. The number of carbonyl (C=O) groups is 1. The molecule has 0 radical (unpaired) electrons. The summed E-state index contributed by atoms with van der Waals surface area (Å²) in [6.07, 6.45) is 0. The molecular weight excluding hydrogens is 389 g/mol. The number of nitrogens with one attached hydrogen (secondary N) is 1. The molecule has 122 valence electrons. The summed E-state index contributed by atoms with van der Waals surface area (Å²) in [6, 6.07) is 7.86. The van der Waals surface area contributed by atoms with E-state index < -0.39 is 21.8 Å². The van der Waals surface area contributed by atoms with Crippen LogP contribution in [0.15, 0.2) is 45.8 Å². The average Bonchev–Trinajstić information content (AvgIpc) is 2.49. The van der Waals surface area contributed by atoms with Crippen molar-refractivity contribution in [3.63, 3.8) is 0 Å². The monoisotopic (exact) mass is 401 g/mol. The Morgan fingerprint density at radius 3 is 2.57 bits per heavy atom. The van der Waals surface area contributed by atoms with Crippen molar-refractivity contribution in [3.8, 4) is 0 Å². The Bertz CT molecular complexity index is 868. The second-order valence-electron chi connectivity index (χ2n) is 4.70. The van der Waals surface area contributed by atoms with Gasteiger partial charge in [-0.3, -0.25) is 4.72 Å². The van der Waals surface area contributed by atoms with Crippen molar-refractivity contribution >= 4 is 37.6 Å². The van der Waals surface area contributed by atoms with Crippen LogP contribution in [-0.2, 0) is 14.8 Å². The number of esters is 1. The fourth-order valence-electron chi connectivity index (χ4n) is 1.91. The van der Waals surface area contributed by atoms with Gasteiger partial charge in [0.25, 0.3) is 10.0 Å². The van der Waals surface area contributed by atoms with Crippen LogP contribution in [0.3, 0.4) is 0 Å². The van der Waals surface area contributed by atoms with Crippen molar-refractivity contribution in [2.45, 2.75) is 11.8 Å². The van der Waals surface area contributed by atoms with Crippen molar-refractivity contribution in [1.82, 2.24) is 0 Å². The predicted molar refractivity (Wildman–Crippen MR) is 87.4 cm³/mol.